The van der Waals surface area contributed by atoms with Gasteiger partial charge in [0.15, 0.2) is 17.8 Å². The molecule has 2 aromatic rings. The highest BCUT2D eigenvalue weighted by atomic mass is 16.1. The summed E-state index contributed by atoms with van der Waals surface area (Å²) in [5.74, 6) is 0.439. The summed E-state index contributed by atoms with van der Waals surface area (Å²) in [5.41, 5.74) is 1.54. The Hall–Kier alpha value is -1.71. The van der Waals surface area contributed by atoms with Crippen molar-refractivity contribution in [3.8, 4) is 0 Å². The van der Waals surface area contributed by atoms with Gasteiger partial charge >= 0.3 is 0 Å². The molecule has 0 aliphatic heterocycles. The normalized spacial score (nSPS) is 11.1. The number of hydrogen-bond acceptors (Lipinski definition) is 3. The molecule has 0 fully saturated rings. The molecule has 14 heavy (non-hydrogen) atoms. The second-order valence-electron chi connectivity index (χ2n) is 3.40. The van der Waals surface area contributed by atoms with E-state index in [1.807, 2.05) is 30.5 Å². The highest BCUT2D eigenvalue weighted by Crippen LogP contribution is 2.17. The maximum Gasteiger partial charge on any atom is 0.185 e. The monoisotopic (exact) mass is 189 g/mol. The molecule has 0 saturated carbocycles. The van der Waals surface area contributed by atoms with Gasteiger partial charge in [0.05, 0.1) is 5.52 Å². The third kappa shape index (κ3) is 1.19. The number of rotatable bonds is 2. The average Bonchev–Trinajstić information content (AvgIpc) is 2.55. The Morgan fingerprint density at radius 3 is 2.93 bits per heavy atom. The lowest BCUT2D eigenvalue weighted by Gasteiger charge is -2.08. The van der Waals surface area contributed by atoms with Gasteiger partial charge in [-0.25, -0.2) is 9.97 Å². The molecule has 0 unspecified atom stereocenters. The number of imidazole rings is 1. The van der Waals surface area contributed by atoms with E-state index < -0.39 is 0 Å². The number of carbonyl (C=O) groups is 1. The van der Waals surface area contributed by atoms with Crippen LogP contribution in [0.2, 0.25) is 0 Å². The summed E-state index contributed by atoms with van der Waals surface area (Å²) < 4.78 is 1.88. The van der Waals surface area contributed by atoms with Crippen LogP contribution in [0.1, 0.15) is 30.5 Å². The fraction of sp³-hybridized carbons (Fsp3) is 0.300. The van der Waals surface area contributed by atoms with Crippen molar-refractivity contribution in [1.29, 1.82) is 0 Å². The van der Waals surface area contributed by atoms with Gasteiger partial charge < -0.3 is 4.57 Å². The lowest BCUT2D eigenvalue weighted by Crippen LogP contribution is -2.05. The molecule has 0 atom stereocenters. The maximum atomic E-state index is 10.8. The van der Waals surface area contributed by atoms with Crippen molar-refractivity contribution in [3.63, 3.8) is 0 Å². The predicted molar refractivity (Wildman–Crippen MR) is 53.3 cm³/mol. The molecule has 0 saturated heterocycles. The Morgan fingerprint density at radius 2 is 2.29 bits per heavy atom. The van der Waals surface area contributed by atoms with Crippen molar-refractivity contribution in [3.05, 3.63) is 24.2 Å². The summed E-state index contributed by atoms with van der Waals surface area (Å²) in [7, 11) is 0. The van der Waals surface area contributed by atoms with E-state index >= 15 is 0 Å². The Morgan fingerprint density at radius 1 is 1.50 bits per heavy atom. The van der Waals surface area contributed by atoms with Crippen molar-refractivity contribution in [1.82, 2.24) is 14.5 Å². The molecule has 2 heterocycles. The molecule has 4 nitrogen and oxygen atoms in total. The molecule has 72 valence electrons. The number of pyridine rings is 1. The van der Waals surface area contributed by atoms with Gasteiger partial charge in [-0.2, -0.15) is 0 Å². The highest BCUT2D eigenvalue weighted by molar-refractivity contribution is 5.80. The zero-order valence-corrected chi connectivity index (χ0v) is 8.14. The van der Waals surface area contributed by atoms with Gasteiger partial charge in [0.1, 0.15) is 0 Å². The third-order valence-electron chi connectivity index (χ3n) is 2.11. The van der Waals surface area contributed by atoms with Crippen LogP contribution in [0.4, 0.5) is 0 Å². The minimum absolute atomic E-state index is 0.212. The van der Waals surface area contributed by atoms with Crippen LogP contribution in [0.3, 0.4) is 0 Å². The smallest absolute Gasteiger partial charge is 0.185 e. The first-order chi connectivity index (χ1) is 6.74. The highest BCUT2D eigenvalue weighted by Gasteiger charge is 2.12. The van der Waals surface area contributed by atoms with Crippen molar-refractivity contribution in [2.45, 2.75) is 19.9 Å². The lowest BCUT2D eigenvalue weighted by atomic mass is 10.3. The Kier molecular flexibility index (Phi) is 2.04. The minimum Gasteiger partial charge on any atom is -0.318 e. The first-order valence-corrected chi connectivity index (χ1v) is 4.52. The second-order valence-corrected chi connectivity index (χ2v) is 3.40. The van der Waals surface area contributed by atoms with Crippen LogP contribution in [0.15, 0.2) is 18.3 Å². The summed E-state index contributed by atoms with van der Waals surface area (Å²) in [5, 5.41) is 0. The second kappa shape index (κ2) is 3.21. The van der Waals surface area contributed by atoms with E-state index in [4.69, 9.17) is 0 Å². The number of hydrogen-bond donors (Lipinski definition) is 0. The van der Waals surface area contributed by atoms with Gasteiger partial charge in [-0.1, -0.05) is 0 Å². The molecular weight excluding hydrogens is 178 g/mol. The topological polar surface area (TPSA) is 47.8 Å². The van der Waals surface area contributed by atoms with Gasteiger partial charge in [0, 0.05) is 12.2 Å². The molecule has 2 aromatic heterocycles. The van der Waals surface area contributed by atoms with Crippen LogP contribution in [0.25, 0.3) is 11.2 Å². The van der Waals surface area contributed by atoms with Gasteiger partial charge in [0.25, 0.3) is 0 Å². The summed E-state index contributed by atoms with van der Waals surface area (Å²) in [6.07, 6.45) is 2.44. The van der Waals surface area contributed by atoms with Crippen molar-refractivity contribution in [2.24, 2.45) is 0 Å². The molecule has 0 N–H and O–H groups in total. The zero-order valence-electron chi connectivity index (χ0n) is 8.14. The third-order valence-corrected chi connectivity index (χ3v) is 2.11. The van der Waals surface area contributed by atoms with Crippen LogP contribution >= 0.6 is 0 Å². The van der Waals surface area contributed by atoms with Crippen LogP contribution in [-0.4, -0.2) is 20.8 Å². The van der Waals surface area contributed by atoms with Gasteiger partial charge in [-0.3, -0.25) is 4.79 Å². The van der Waals surface area contributed by atoms with E-state index in [0.29, 0.717) is 11.5 Å². The molecule has 0 spiro atoms. The molecule has 0 aliphatic rings. The SMILES string of the molecule is CC(C)n1c(C=O)nc2ncccc21. The number of carbonyl (C=O) groups excluding carboxylic acids is 1. The van der Waals surface area contributed by atoms with Gasteiger partial charge in [-0.15, -0.1) is 0 Å². The molecule has 2 rings (SSSR count). The average molecular weight is 189 g/mol. The molecule has 0 bridgehead atoms. The summed E-state index contributed by atoms with van der Waals surface area (Å²) in [6.45, 7) is 4.03. The Labute approximate surface area is 81.6 Å². The Balaban J connectivity index is 2.80. The van der Waals surface area contributed by atoms with Gasteiger partial charge in [-0.05, 0) is 26.0 Å². The van der Waals surface area contributed by atoms with Crippen LogP contribution in [-0.2, 0) is 0 Å². The molecule has 0 aromatic carbocycles. The van der Waals surface area contributed by atoms with E-state index in [9.17, 15) is 4.79 Å². The molecular formula is C10H11N3O. The number of fused-ring (bicyclic) bond motifs is 1. The minimum atomic E-state index is 0.212. The van der Waals surface area contributed by atoms with Crippen molar-refractivity contribution >= 4 is 17.5 Å². The zero-order chi connectivity index (χ0) is 10.1. The first-order valence-electron chi connectivity index (χ1n) is 4.52. The first kappa shape index (κ1) is 8.87. The Bertz CT molecular complexity index is 473. The molecule has 0 radical (unpaired) electrons. The number of nitrogens with zero attached hydrogens (tertiary/aromatic N) is 3. The van der Waals surface area contributed by atoms with Crippen molar-refractivity contribution < 1.29 is 4.79 Å². The lowest BCUT2D eigenvalue weighted by molar-refractivity contribution is 0.111. The van der Waals surface area contributed by atoms with Crippen molar-refractivity contribution in [2.75, 3.05) is 0 Å². The largest absolute Gasteiger partial charge is 0.318 e. The summed E-state index contributed by atoms with van der Waals surface area (Å²) in [4.78, 5) is 19.0. The van der Waals surface area contributed by atoms with E-state index in [0.717, 1.165) is 11.8 Å². The van der Waals surface area contributed by atoms with Gasteiger partial charge in [0.2, 0.25) is 0 Å². The van der Waals surface area contributed by atoms with E-state index in [1.54, 1.807) is 6.20 Å². The number of aldehydes is 1. The molecule has 0 aliphatic carbocycles. The predicted octanol–water partition coefficient (Wildman–Crippen LogP) is 1.82. The molecule has 4 heteroatoms. The quantitative estimate of drug-likeness (QED) is 0.677. The summed E-state index contributed by atoms with van der Waals surface area (Å²) in [6, 6.07) is 3.98. The van der Waals surface area contributed by atoms with E-state index in [-0.39, 0.29) is 6.04 Å². The fourth-order valence-electron chi connectivity index (χ4n) is 1.57. The summed E-state index contributed by atoms with van der Waals surface area (Å²) >= 11 is 0. The maximum absolute atomic E-state index is 10.8. The van der Waals surface area contributed by atoms with Crippen LogP contribution < -0.4 is 0 Å². The molecule has 0 amide bonds. The van der Waals surface area contributed by atoms with Crippen LogP contribution in [0.5, 0.6) is 0 Å². The van der Waals surface area contributed by atoms with Crippen LogP contribution in [0, 0.1) is 0 Å². The fourth-order valence-corrected chi connectivity index (χ4v) is 1.57. The standard InChI is InChI=1S/C10H11N3O/c1-7(2)13-8-4-3-5-11-10(8)12-9(13)6-14/h3-7H,1-2H3. The van der Waals surface area contributed by atoms with E-state index in [1.165, 1.54) is 0 Å². The number of aromatic nitrogens is 3. The van der Waals surface area contributed by atoms with E-state index in [2.05, 4.69) is 9.97 Å².